The lowest BCUT2D eigenvalue weighted by Gasteiger charge is -2.09. The molecule has 0 fully saturated rings. The number of carbonyl (C=O) groups excluding carboxylic acids is 1. The van der Waals surface area contributed by atoms with Crippen LogP contribution in [0.1, 0.15) is 18.9 Å². The van der Waals surface area contributed by atoms with Crippen molar-refractivity contribution in [2.75, 3.05) is 13.2 Å². The summed E-state index contributed by atoms with van der Waals surface area (Å²) in [6.07, 6.45) is 0.335. The van der Waals surface area contributed by atoms with Gasteiger partial charge in [-0.3, -0.25) is 4.79 Å². The molecule has 0 saturated heterocycles. The van der Waals surface area contributed by atoms with Crippen LogP contribution in [0.2, 0.25) is 0 Å². The van der Waals surface area contributed by atoms with Crippen molar-refractivity contribution < 1.29 is 14.6 Å². The van der Waals surface area contributed by atoms with E-state index in [9.17, 15) is 4.79 Å². The summed E-state index contributed by atoms with van der Waals surface area (Å²) in [7, 11) is 0. The molecule has 94 valence electrons. The highest BCUT2D eigenvalue weighted by molar-refractivity contribution is 9.10. The van der Waals surface area contributed by atoms with E-state index in [2.05, 4.69) is 21.2 Å². The summed E-state index contributed by atoms with van der Waals surface area (Å²) in [4.78, 5) is 11.2. The van der Waals surface area contributed by atoms with Gasteiger partial charge in [0.2, 0.25) is 5.91 Å². The van der Waals surface area contributed by atoms with Crippen LogP contribution in [0.4, 0.5) is 0 Å². The third kappa shape index (κ3) is 4.75. The Balaban J connectivity index is 2.44. The quantitative estimate of drug-likeness (QED) is 0.843. The van der Waals surface area contributed by atoms with Crippen LogP contribution in [0.25, 0.3) is 0 Å². The van der Waals surface area contributed by atoms with Gasteiger partial charge < -0.3 is 15.2 Å². The lowest BCUT2D eigenvalue weighted by atomic mass is 10.2. The summed E-state index contributed by atoms with van der Waals surface area (Å²) in [6, 6.07) is 5.35. The average Bonchev–Trinajstić information content (AvgIpc) is 2.31. The van der Waals surface area contributed by atoms with Crippen LogP contribution in [0, 0.1) is 0 Å². The molecule has 1 aromatic rings. The maximum Gasteiger partial charge on any atom is 0.223 e. The van der Waals surface area contributed by atoms with Crippen LogP contribution in [0.3, 0.4) is 0 Å². The van der Waals surface area contributed by atoms with Gasteiger partial charge in [0.05, 0.1) is 24.1 Å². The number of hydrogen-bond donors (Lipinski definition) is 2. The Morgan fingerprint density at radius 2 is 2.29 bits per heavy atom. The summed E-state index contributed by atoms with van der Waals surface area (Å²) in [5, 5.41) is 11.6. The van der Waals surface area contributed by atoms with Gasteiger partial charge in [-0.05, 0) is 40.5 Å². The predicted molar refractivity (Wildman–Crippen MR) is 68.9 cm³/mol. The summed E-state index contributed by atoms with van der Waals surface area (Å²) in [5.74, 6) is 0.655. The van der Waals surface area contributed by atoms with Crippen LogP contribution < -0.4 is 10.1 Å². The first-order valence-electron chi connectivity index (χ1n) is 5.46. The van der Waals surface area contributed by atoms with E-state index in [1.807, 2.05) is 6.92 Å². The minimum Gasteiger partial charge on any atom is -0.492 e. The molecular weight excluding hydrogens is 286 g/mol. The largest absolute Gasteiger partial charge is 0.492 e. The smallest absolute Gasteiger partial charge is 0.223 e. The van der Waals surface area contributed by atoms with E-state index in [0.29, 0.717) is 25.3 Å². The molecule has 0 saturated carbocycles. The Hall–Kier alpha value is -1.07. The minimum atomic E-state index is -0.0180. The van der Waals surface area contributed by atoms with Crippen LogP contribution in [0.5, 0.6) is 5.75 Å². The van der Waals surface area contributed by atoms with Crippen LogP contribution in [-0.2, 0) is 11.4 Å². The van der Waals surface area contributed by atoms with E-state index in [4.69, 9.17) is 9.84 Å². The number of ether oxygens (including phenoxy) is 1. The number of amides is 1. The molecule has 0 atom stereocenters. The second-order valence-corrected chi connectivity index (χ2v) is 4.33. The summed E-state index contributed by atoms with van der Waals surface area (Å²) >= 11 is 3.35. The van der Waals surface area contributed by atoms with Gasteiger partial charge in [-0.1, -0.05) is 6.07 Å². The first-order chi connectivity index (χ1) is 8.17. The van der Waals surface area contributed by atoms with Crippen molar-refractivity contribution in [3.05, 3.63) is 28.2 Å². The molecule has 4 nitrogen and oxygen atoms in total. The Bertz CT molecular complexity index is 382. The number of aliphatic hydroxyl groups excluding tert-OH is 1. The molecule has 1 amide bonds. The molecule has 0 bridgehead atoms. The second-order valence-electron chi connectivity index (χ2n) is 3.47. The van der Waals surface area contributed by atoms with E-state index in [1.54, 1.807) is 18.2 Å². The normalized spacial score (nSPS) is 10.1. The van der Waals surface area contributed by atoms with Gasteiger partial charge in [-0.15, -0.1) is 0 Å². The SMILES string of the molecule is CCNC(=O)CCOc1ccc(CO)cc1Br. The Kier molecular flexibility index (Phi) is 6.00. The zero-order chi connectivity index (χ0) is 12.7. The molecule has 0 aliphatic carbocycles. The zero-order valence-corrected chi connectivity index (χ0v) is 11.3. The fourth-order valence-electron chi connectivity index (χ4n) is 1.30. The van der Waals surface area contributed by atoms with Crippen LogP contribution in [-0.4, -0.2) is 24.2 Å². The van der Waals surface area contributed by atoms with E-state index < -0.39 is 0 Å². The molecule has 17 heavy (non-hydrogen) atoms. The van der Waals surface area contributed by atoms with E-state index in [-0.39, 0.29) is 12.5 Å². The summed E-state index contributed by atoms with van der Waals surface area (Å²) in [5.41, 5.74) is 0.813. The fourth-order valence-corrected chi connectivity index (χ4v) is 1.84. The number of hydrogen-bond acceptors (Lipinski definition) is 3. The van der Waals surface area contributed by atoms with Crippen molar-refractivity contribution in [2.24, 2.45) is 0 Å². The maximum absolute atomic E-state index is 11.2. The van der Waals surface area contributed by atoms with Crippen molar-refractivity contribution in [1.82, 2.24) is 5.32 Å². The van der Waals surface area contributed by atoms with E-state index in [0.717, 1.165) is 10.0 Å². The molecule has 1 rings (SSSR count). The van der Waals surface area contributed by atoms with Gasteiger partial charge in [-0.2, -0.15) is 0 Å². The lowest BCUT2D eigenvalue weighted by Crippen LogP contribution is -2.24. The van der Waals surface area contributed by atoms with Crippen LogP contribution >= 0.6 is 15.9 Å². The number of carbonyl (C=O) groups is 1. The van der Waals surface area contributed by atoms with Gasteiger partial charge in [0.25, 0.3) is 0 Å². The molecule has 1 aromatic carbocycles. The van der Waals surface area contributed by atoms with E-state index in [1.165, 1.54) is 0 Å². The molecule has 0 aromatic heterocycles. The van der Waals surface area contributed by atoms with Crippen molar-refractivity contribution in [2.45, 2.75) is 20.0 Å². The van der Waals surface area contributed by atoms with Gasteiger partial charge in [0, 0.05) is 6.54 Å². The van der Waals surface area contributed by atoms with Crippen LogP contribution in [0.15, 0.2) is 22.7 Å². The number of halogens is 1. The first-order valence-corrected chi connectivity index (χ1v) is 6.25. The molecular formula is C12H16BrNO3. The Morgan fingerprint density at radius 1 is 1.53 bits per heavy atom. The third-order valence-electron chi connectivity index (χ3n) is 2.14. The molecule has 5 heteroatoms. The molecule has 0 spiro atoms. The molecule has 0 unspecified atom stereocenters. The van der Waals surface area contributed by atoms with Crippen molar-refractivity contribution in [3.8, 4) is 5.75 Å². The van der Waals surface area contributed by atoms with Gasteiger partial charge >= 0.3 is 0 Å². The van der Waals surface area contributed by atoms with Gasteiger partial charge in [0.1, 0.15) is 5.75 Å². The number of aliphatic hydroxyl groups is 1. The van der Waals surface area contributed by atoms with Crippen molar-refractivity contribution in [1.29, 1.82) is 0 Å². The van der Waals surface area contributed by atoms with E-state index >= 15 is 0 Å². The number of benzene rings is 1. The number of rotatable bonds is 6. The molecule has 0 radical (unpaired) electrons. The molecule has 0 aliphatic heterocycles. The lowest BCUT2D eigenvalue weighted by molar-refractivity contribution is -0.121. The third-order valence-corrected chi connectivity index (χ3v) is 2.76. The Morgan fingerprint density at radius 3 is 2.88 bits per heavy atom. The minimum absolute atomic E-state index is 0.00220. The summed E-state index contributed by atoms with van der Waals surface area (Å²) in [6.45, 7) is 2.84. The fraction of sp³-hybridized carbons (Fsp3) is 0.417. The number of nitrogens with one attached hydrogen (secondary N) is 1. The van der Waals surface area contributed by atoms with Gasteiger partial charge in [0.15, 0.2) is 0 Å². The first kappa shape index (κ1) is 14.0. The second kappa shape index (κ2) is 7.29. The zero-order valence-electron chi connectivity index (χ0n) is 9.70. The molecule has 2 N–H and O–H groups in total. The molecule has 0 heterocycles. The topological polar surface area (TPSA) is 58.6 Å². The maximum atomic E-state index is 11.2. The Labute approximate surface area is 109 Å². The predicted octanol–water partition coefficient (Wildman–Crippen LogP) is 1.85. The average molecular weight is 302 g/mol. The highest BCUT2D eigenvalue weighted by atomic mass is 79.9. The monoisotopic (exact) mass is 301 g/mol. The standard InChI is InChI=1S/C12H16BrNO3/c1-2-14-12(16)5-6-17-11-4-3-9(8-15)7-10(11)13/h3-4,7,15H,2,5-6,8H2,1H3,(H,14,16). The van der Waals surface area contributed by atoms with Crippen molar-refractivity contribution in [3.63, 3.8) is 0 Å². The van der Waals surface area contributed by atoms with Crippen molar-refractivity contribution >= 4 is 21.8 Å². The highest BCUT2D eigenvalue weighted by Crippen LogP contribution is 2.26. The van der Waals surface area contributed by atoms with Gasteiger partial charge in [-0.25, -0.2) is 0 Å². The highest BCUT2D eigenvalue weighted by Gasteiger charge is 2.04. The molecule has 0 aliphatic rings. The summed E-state index contributed by atoms with van der Waals surface area (Å²) < 4.78 is 6.24.